The first-order valence-electron chi connectivity index (χ1n) is 5.55. The number of aliphatic hydroxyl groups is 1. The molecule has 88 valence electrons. The van der Waals surface area contributed by atoms with Crippen molar-refractivity contribution in [2.45, 2.75) is 30.3 Å². The lowest BCUT2D eigenvalue weighted by Gasteiger charge is -2.09. The van der Waals surface area contributed by atoms with Crippen LogP contribution in [0.5, 0.6) is 0 Å². The molecule has 1 aromatic carbocycles. The minimum Gasteiger partial charge on any atom is -0.396 e. The number of hydrogen-bond donors (Lipinski definition) is 2. The Labute approximate surface area is 99.2 Å². The molecule has 16 heavy (non-hydrogen) atoms. The topological polar surface area (TPSA) is 32.3 Å². The van der Waals surface area contributed by atoms with Gasteiger partial charge in [-0.3, -0.25) is 0 Å². The van der Waals surface area contributed by atoms with Crippen LogP contribution in [0.2, 0.25) is 0 Å². The van der Waals surface area contributed by atoms with Crippen molar-refractivity contribution in [2.75, 3.05) is 12.4 Å². The van der Waals surface area contributed by atoms with Gasteiger partial charge in [-0.2, -0.15) is 0 Å². The average Bonchev–Trinajstić information content (AvgIpc) is 3.09. The molecule has 1 aromatic rings. The Morgan fingerprint density at radius 3 is 2.94 bits per heavy atom. The van der Waals surface area contributed by atoms with Gasteiger partial charge in [0.15, 0.2) is 0 Å². The van der Waals surface area contributed by atoms with Gasteiger partial charge in [0.25, 0.3) is 0 Å². The maximum atomic E-state index is 13.1. The molecule has 0 unspecified atom stereocenters. The van der Waals surface area contributed by atoms with Gasteiger partial charge in [0.05, 0.1) is 6.61 Å². The molecule has 0 aliphatic heterocycles. The van der Waals surface area contributed by atoms with Crippen LogP contribution in [0.4, 0.5) is 4.39 Å². The minimum atomic E-state index is -0.194. The van der Waals surface area contributed by atoms with Gasteiger partial charge < -0.3 is 10.4 Å². The van der Waals surface area contributed by atoms with Gasteiger partial charge >= 0.3 is 0 Å². The zero-order valence-electron chi connectivity index (χ0n) is 9.08. The lowest BCUT2D eigenvalue weighted by Crippen LogP contribution is -2.16. The Balaban J connectivity index is 2.01. The SMILES string of the molecule is OCCSc1ccc(F)cc1CNC1CC1. The van der Waals surface area contributed by atoms with E-state index in [1.807, 2.05) is 0 Å². The normalized spacial score (nSPS) is 15.4. The highest BCUT2D eigenvalue weighted by Crippen LogP contribution is 2.25. The fourth-order valence-corrected chi connectivity index (χ4v) is 2.32. The molecule has 0 spiro atoms. The molecule has 1 saturated carbocycles. The number of rotatable bonds is 6. The summed E-state index contributed by atoms with van der Waals surface area (Å²) in [5, 5.41) is 12.2. The second kappa shape index (κ2) is 5.66. The smallest absolute Gasteiger partial charge is 0.123 e. The van der Waals surface area contributed by atoms with Crippen LogP contribution >= 0.6 is 11.8 Å². The van der Waals surface area contributed by atoms with Crippen molar-refractivity contribution < 1.29 is 9.50 Å². The van der Waals surface area contributed by atoms with Crippen LogP contribution in [0.3, 0.4) is 0 Å². The van der Waals surface area contributed by atoms with Gasteiger partial charge in [0, 0.05) is 23.2 Å². The molecule has 1 aliphatic rings. The first kappa shape index (κ1) is 11.9. The predicted molar refractivity (Wildman–Crippen MR) is 64.1 cm³/mol. The van der Waals surface area contributed by atoms with E-state index < -0.39 is 0 Å². The van der Waals surface area contributed by atoms with Crippen molar-refractivity contribution in [3.8, 4) is 0 Å². The van der Waals surface area contributed by atoms with E-state index in [-0.39, 0.29) is 12.4 Å². The Kier molecular flexibility index (Phi) is 4.21. The quantitative estimate of drug-likeness (QED) is 0.749. The summed E-state index contributed by atoms with van der Waals surface area (Å²) in [5.41, 5.74) is 0.991. The molecule has 4 heteroatoms. The first-order valence-corrected chi connectivity index (χ1v) is 6.53. The van der Waals surface area contributed by atoms with Crippen molar-refractivity contribution in [3.63, 3.8) is 0 Å². The summed E-state index contributed by atoms with van der Waals surface area (Å²) in [5.74, 6) is 0.461. The summed E-state index contributed by atoms with van der Waals surface area (Å²) in [4.78, 5) is 1.06. The van der Waals surface area contributed by atoms with Gasteiger partial charge in [0.1, 0.15) is 5.82 Å². The molecule has 1 fully saturated rings. The van der Waals surface area contributed by atoms with Crippen LogP contribution in [0.25, 0.3) is 0 Å². The van der Waals surface area contributed by atoms with Crippen LogP contribution in [-0.2, 0) is 6.54 Å². The van der Waals surface area contributed by atoms with Crippen molar-refractivity contribution in [2.24, 2.45) is 0 Å². The summed E-state index contributed by atoms with van der Waals surface area (Å²) < 4.78 is 13.1. The van der Waals surface area contributed by atoms with Crippen LogP contribution in [-0.4, -0.2) is 23.5 Å². The zero-order valence-corrected chi connectivity index (χ0v) is 9.89. The Morgan fingerprint density at radius 2 is 2.25 bits per heavy atom. The maximum Gasteiger partial charge on any atom is 0.123 e. The van der Waals surface area contributed by atoms with Crippen molar-refractivity contribution >= 4 is 11.8 Å². The number of hydrogen-bond acceptors (Lipinski definition) is 3. The third-order valence-electron chi connectivity index (χ3n) is 2.53. The third kappa shape index (κ3) is 3.47. The molecule has 0 heterocycles. The van der Waals surface area contributed by atoms with E-state index in [0.717, 1.165) is 17.0 Å². The number of aliphatic hydroxyl groups excluding tert-OH is 1. The third-order valence-corrected chi connectivity index (χ3v) is 3.63. The molecule has 2 rings (SSSR count). The zero-order chi connectivity index (χ0) is 11.4. The van der Waals surface area contributed by atoms with E-state index in [2.05, 4.69) is 5.32 Å². The van der Waals surface area contributed by atoms with Crippen LogP contribution in [0.1, 0.15) is 18.4 Å². The van der Waals surface area contributed by atoms with E-state index >= 15 is 0 Å². The van der Waals surface area contributed by atoms with Gasteiger partial charge in [-0.15, -0.1) is 11.8 Å². The van der Waals surface area contributed by atoms with Crippen LogP contribution in [0.15, 0.2) is 23.1 Å². The fraction of sp³-hybridized carbons (Fsp3) is 0.500. The molecule has 0 saturated heterocycles. The Hall–Kier alpha value is -0.580. The maximum absolute atomic E-state index is 13.1. The molecule has 1 aliphatic carbocycles. The molecular formula is C12H16FNOS. The van der Waals surface area contributed by atoms with E-state index in [0.29, 0.717) is 11.8 Å². The second-order valence-electron chi connectivity index (χ2n) is 3.98. The van der Waals surface area contributed by atoms with Gasteiger partial charge in [0.2, 0.25) is 0 Å². The first-order chi connectivity index (χ1) is 7.79. The van der Waals surface area contributed by atoms with Crippen molar-refractivity contribution in [1.82, 2.24) is 5.32 Å². The second-order valence-corrected chi connectivity index (χ2v) is 5.12. The molecule has 0 amide bonds. The van der Waals surface area contributed by atoms with E-state index in [4.69, 9.17) is 5.11 Å². The summed E-state index contributed by atoms with van der Waals surface area (Å²) in [7, 11) is 0. The molecule has 0 aromatic heterocycles. The Morgan fingerprint density at radius 1 is 1.44 bits per heavy atom. The van der Waals surface area contributed by atoms with Gasteiger partial charge in [-0.25, -0.2) is 4.39 Å². The van der Waals surface area contributed by atoms with Crippen molar-refractivity contribution in [3.05, 3.63) is 29.6 Å². The summed E-state index contributed by atoms with van der Waals surface area (Å²) in [6, 6.07) is 5.47. The van der Waals surface area contributed by atoms with Crippen LogP contribution in [0, 0.1) is 5.82 Å². The van der Waals surface area contributed by atoms with Crippen molar-refractivity contribution in [1.29, 1.82) is 0 Å². The molecule has 2 nitrogen and oxygen atoms in total. The minimum absolute atomic E-state index is 0.150. The van der Waals surface area contributed by atoms with Crippen LogP contribution < -0.4 is 5.32 Å². The van der Waals surface area contributed by atoms with E-state index in [1.54, 1.807) is 23.9 Å². The number of thioether (sulfide) groups is 1. The van der Waals surface area contributed by atoms with E-state index in [1.165, 1.54) is 18.9 Å². The predicted octanol–water partition coefficient (Wildman–Crippen LogP) is 2.16. The summed E-state index contributed by atoms with van der Waals surface area (Å²) >= 11 is 1.57. The average molecular weight is 241 g/mol. The lowest BCUT2D eigenvalue weighted by atomic mass is 10.2. The number of nitrogens with one attached hydrogen (secondary N) is 1. The molecule has 2 N–H and O–H groups in total. The fourth-order valence-electron chi connectivity index (χ4n) is 1.52. The summed E-state index contributed by atoms with van der Waals surface area (Å²) in [6.07, 6.45) is 2.46. The number of halogens is 1. The monoisotopic (exact) mass is 241 g/mol. The molecule has 0 atom stereocenters. The Bertz CT molecular complexity index is 355. The number of benzene rings is 1. The molecular weight excluding hydrogens is 225 g/mol. The lowest BCUT2D eigenvalue weighted by molar-refractivity contribution is 0.322. The molecule has 0 bridgehead atoms. The molecule has 0 radical (unpaired) electrons. The highest BCUT2D eigenvalue weighted by molar-refractivity contribution is 7.99. The summed E-state index contributed by atoms with van der Waals surface area (Å²) in [6.45, 7) is 0.869. The van der Waals surface area contributed by atoms with E-state index in [9.17, 15) is 4.39 Å². The standard InChI is InChI=1S/C12H16FNOS/c13-10-1-4-12(16-6-5-15)9(7-10)8-14-11-2-3-11/h1,4,7,11,14-15H,2-3,5-6,8H2. The highest BCUT2D eigenvalue weighted by atomic mass is 32.2. The highest BCUT2D eigenvalue weighted by Gasteiger charge is 2.20. The largest absolute Gasteiger partial charge is 0.396 e. The van der Waals surface area contributed by atoms with Gasteiger partial charge in [-0.1, -0.05) is 0 Å². The van der Waals surface area contributed by atoms with Gasteiger partial charge in [-0.05, 0) is 36.6 Å².